The van der Waals surface area contributed by atoms with Crippen LogP contribution in [-0.4, -0.2) is 87.6 Å². The molecule has 0 N–H and O–H groups in total. The van der Waals surface area contributed by atoms with Gasteiger partial charge in [-0.3, -0.25) is 4.79 Å². The summed E-state index contributed by atoms with van der Waals surface area (Å²) < 4.78 is 55.3. The first-order valence-corrected chi connectivity index (χ1v) is 12.4. The standard InChI is InChI=1S/C16H30N2O6S2/c1-13(2)4-10-24-14(3)16(19)17-6-8-18(9-7-17)26(22,23)15-5-11-25(20,21)12-15/h13-15H,4-12H2,1-3H3. The number of sulfone groups is 1. The molecule has 10 heteroatoms. The van der Waals surface area contributed by atoms with Crippen LogP contribution in [0.4, 0.5) is 0 Å². The van der Waals surface area contributed by atoms with Gasteiger partial charge in [0, 0.05) is 32.8 Å². The Morgan fingerprint density at radius 1 is 1.15 bits per heavy atom. The molecule has 0 aromatic carbocycles. The number of carbonyl (C=O) groups is 1. The molecule has 2 rings (SSSR count). The molecule has 0 aromatic rings. The van der Waals surface area contributed by atoms with E-state index >= 15 is 0 Å². The van der Waals surface area contributed by atoms with Gasteiger partial charge in [-0.2, -0.15) is 4.31 Å². The highest BCUT2D eigenvalue weighted by atomic mass is 32.2. The summed E-state index contributed by atoms with van der Waals surface area (Å²) in [5, 5.41) is -0.854. The van der Waals surface area contributed by atoms with E-state index < -0.39 is 31.2 Å². The molecule has 8 nitrogen and oxygen atoms in total. The number of hydrogen-bond acceptors (Lipinski definition) is 6. The molecule has 0 spiro atoms. The second-order valence-corrected chi connectivity index (χ2v) is 11.9. The molecule has 26 heavy (non-hydrogen) atoms. The van der Waals surface area contributed by atoms with Crippen molar-refractivity contribution in [2.75, 3.05) is 44.3 Å². The van der Waals surface area contributed by atoms with Crippen molar-refractivity contribution in [2.45, 2.75) is 45.0 Å². The van der Waals surface area contributed by atoms with Gasteiger partial charge < -0.3 is 9.64 Å². The zero-order valence-electron chi connectivity index (χ0n) is 15.8. The molecule has 0 bridgehead atoms. The van der Waals surface area contributed by atoms with E-state index in [0.29, 0.717) is 25.6 Å². The van der Waals surface area contributed by atoms with Gasteiger partial charge in [-0.05, 0) is 25.7 Å². The van der Waals surface area contributed by atoms with Crippen LogP contribution in [0.2, 0.25) is 0 Å². The van der Waals surface area contributed by atoms with Crippen molar-refractivity contribution in [3.8, 4) is 0 Å². The quantitative estimate of drug-likeness (QED) is 0.590. The molecule has 152 valence electrons. The lowest BCUT2D eigenvalue weighted by Crippen LogP contribution is -2.54. The van der Waals surface area contributed by atoms with Crippen LogP contribution in [0.15, 0.2) is 0 Å². The van der Waals surface area contributed by atoms with Crippen molar-refractivity contribution in [2.24, 2.45) is 5.92 Å². The van der Waals surface area contributed by atoms with E-state index in [2.05, 4.69) is 13.8 Å². The lowest BCUT2D eigenvalue weighted by molar-refractivity contribution is -0.144. The van der Waals surface area contributed by atoms with Gasteiger partial charge in [0.2, 0.25) is 10.0 Å². The highest BCUT2D eigenvalue weighted by Crippen LogP contribution is 2.23. The normalized spacial score (nSPS) is 25.5. The van der Waals surface area contributed by atoms with Crippen molar-refractivity contribution in [3.63, 3.8) is 0 Å². The van der Waals surface area contributed by atoms with E-state index in [9.17, 15) is 21.6 Å². The smallest absolute Gasteiger partial charge is 0.251 e. The third kappa shape index (κ3) is 5.40. The minimum Gasteiger partial charge on any atom is -0.369 e. The third-order valence-electron chi connectivity index (χ3n) is 4.93. The SMILES string of the molecule is CC(C)CCOC(C)C(=O)N1CCN(S(=O)(=O)C2CCS(=O)(=O)C2)CC1. The third-order valence-corrected chi connectivity index (χ3v) is 9.24. The molecule has 2 saturated heterocycles. The fraction of sp³-hybridized carbons (Fsp3) is 0.938. The number of nitrogens with zero attached hydrogens (tertiary/aromatic N) is 2. The summed E-state index contributed by atoms with van der Waals surface area (Å²) in [7, 11) is -6.90. The summed E-state index contributed by atoms with van der Waals surface area (Å²) in [6.07, 6.45) is 0.496. The predicted molar refractivity (Wildman–Crippen MR) is 99.0 cm³/mol. The minimum atomic E-state index is -3.64. The van der Waals surface area contributed by atoms with Crippen LogP contribution < -0.4 is 0 Å². The zero-order chi connectivity index (χ0) is 19.5. The predicted octanol–water partition coefficient (Wildman–Crippen LogP) is 0.0987. The summed E-state index contributed by atoms with van der Waals surface area (Å²) in [5.74, 6) is 0.00943. The Balaban J connectivity index is 1.85. The molecule has 0 aromatic heterocycles. The topological polar surface area (TPSA) is 101 Å². The number of sulfonamides is 1. The van der Waals surface area contributed by atoms with E-state index in [1.807, 2.05) is 0 Å². The summed E-state index contributed by atoms with van der Waals surface area (Å²) >= 11 is 0. The van der Waals surface area contributed by atoms with Gasteiger partial charge in [0.25, 0.3) is 5.91 Å². The summed E-state index contributed by atoms with van der Waals surface area (Å²) in [5.41, 5.74) is 0. The highest BCUT2D eigenvalue weighted by molar-refractivity contribution is 7.95. The first kappa shape index (κ1) is 21.6. The Kier molecular flexibility index (Phi) is 7.09. The van der Waals surface area contributed by atoms with Gasteiger partial charge in [-0.25, -0.2) is 16.8 Å². The van der Waals surface area contributed by atoms with Crippen molar-refractivity contribution >= 4 is 25.8 Å². The molecule has 1 amide bonds. The second-order valence-electron chi connectivity index (χ2n) is 7.49. The minimum absolute atomic E-state index is 0.0689. The molecule has 2 aliphatic rings. The average molecular weight is 411 g/mol. The highest BCUT2D eigenvalue weighted by Gasteiger charge is 2.41. The molecule has 2 fully saturated rings. The van der Waals surface area contributed by atoms with E-state index in [-0.39, 0.29) is 36.9 Å². The Morgan fingerprint density at radius 3 is 2.27 bits per heavy atom. The van der Waals surface area contributed by atoms with Crippen LogP contribution in [0.25, 0.3) is 0 Å². The zero-order valence-corrected chi connectivity index (χ0v) is 17.4. The molecule has 2 unspecified atom stereocenters. The van der Waals surface area contributed by atoms with Crippen molar-refractivity contribution in [1.29, 1.82) is 0 Å². The van der Waals surface area contributed by atoms with Crippen molar-refractivity contribution < 1.29 is 26.4 Å². The second kappa shape index (κ2) is 8.53. The lowest BCUT2D eigenvalue weighted by atomic mass is 10.1. The first-order chi connectivity index (χ1) is 12.0. The largest absolute Gasteiger partial charge is 0.369 e. The average Bonchev–Trinajstić information content (AvgIpc) is 2.94. The summed E-state index contributed by atoms with van der Waals surface area (Å²) in [6, 6.07) is 0. The van der Waals surface area contributed by atoms with Crippen LogP contribution in [0.1, 0.15) is 33.6 Å². The summed E-state index contributed by atoms with van der Waals surface area (Å²) in [6.45, 7) is 7.41. The molecule has 0 saturated carbocycles. The number of hydrogen-bond donors (Lipinski definition) is 0. The Hall–Kier alpha value is -0.710. The van der Waals surface area contributed by atoms with Gasteiger partial charge in [0.15, 0.2) is 9.84 Å². The maximum absolute atomic E-state index is 12.6. The molecular weight excluding hydrogens is 380 g/mol. The van der Waals surface area contributed by atoms with Crippen LogP contribution in [0.5, 0.6) is 0 Å². The summed E-state index contributed by atoms with van der Waals surface area (Å²) in [4.78, 5) is 14.0. The molecule has 2 atom stereocenters. The molecular formula is C16H30N2O6S2. The van der Waals surface area contributed by atoms with Gasteiger partial charge in [0.05, 0.1) is 16.8 Å². The van der Waals surface area contributed by atoms with E-state index in [1.165, 1.54) is 4.31 Å². The number of carbonyl (C=O) groups excluding carboxylic acids is 1. The van der Waals surface area contributed by atoms with Crippen molar-refractivity contribution in [3.05, 3.63) is 0 Å². The first-order valence-electron chi connectivity index (χ1n) is 9.12. The molecule has 2 heterocycles. The van der Waals surface area contributed by atoms with Crippen LogP contribution in [0.3, 0.4) is 0 Å². The van der Waals surface area contributed by atoms with Crippen LogP contribution in [-0.2, 0) is 29.4 Å². The Labute approximate surface area is 156 Å². The van der Waals surface area contributed by atoms with E-state index in [4.69, 9.17) is 4.74 Å². The fourth-order valence-corrected chi connectivity index (χ4v) is 7.69. The van der Waals surface area contributed by atoms with Crippen molar-refractivity contribution in [1.82, 2.24) is 9.21 Å². The van der Waals surface area contributed by atoms with Crippen LogP contribution >= 0.6 is 0 Å². The lowest BCUT2D eigenvalue weighted by Gasteiger charge is -2.36. The van der Waals surface area contributed by atoms with Gasteiger partial charge >= 0.3 is 0 Å². The fourth-order valence-electron chi connectivity index (χ4n) is 3.18. The molecule has 0 radical (unpaired) electrons. The molecule has 0 aliphatic carbocycles. The molecule has 2 aliphatic heterocycles. The number of rotatable bonds is 7. The Morgan fingerprint density at radius 2 is 1.77 bits per heavy atom. The number of amides is 1. The number of piperazine rings is 1. The number of ether oxygens (including phenoxy) is 1. The maximum atomic E-state index is 12.6. The van der Waals surface area contributed by atoms with E-state index in [1.54, 1.807) is 11.8 Å². The Bertz CT molecular complexity index is 696. The van der Waals surface area contributed by atoms with Gasteiger partial charge in [0.1, 0.15) is 6.10 Å². The monoisotopic (exact) mass is 410 g/mol. The maximum Gasteiger partial charge on any atom is 0.251 e. The van der Waals surface area contributed by atoms with Gasteiger partial charge in [-0.15, -0.1) is 0 Å². The van der Waals surface area contributed by atoms with Crippen LogP contribution in [0, 0.1) is 5.92 Å². The van der Waals surface area contributed by atoms with E-state index in [0.717, 1.165) is 6.42 Å². The van der Waals surface area contributed by atoms with Gasteiger partial charge in [-0.1, -0.05) is 13.8 Å².